The molecule has 0 aliphatic heterocycles. The third-order valence-electron chi connectivity index (χ3n) is 2.09. The molecular formula is C12H18O2Si. The lowest BCUT2D eigenvalue weighted by atomic mass is 10.3. The van der Waals surface area contributed by atoms with Gasteiger partial charge >= 0.3 is 0 Å². The lowest BCUT2D eigenvalue weighted by molar-refractivity contribution is 0.414. The van der Waals surface area contributed by atoms with E-state index in [1.165, 1.54) is 0 Å². The smallest absolute Gasteiger partial charge is 0.248 e. The highest BCUT2D eigenvalue weighted by molar-refractivity contribution is 6.72. The van der Waals surface area contributed by atoms with Crippen molar-refractivity contribution in [3.8, 4) is 11.5 Å². The summed E-state index contributed by atoms with van der Waals surface area (Å²) in [6, 6.07) is 8.66. The van der Waals surface area contributed by atoms with E-state index in [0.717, 1.165) is 17.5 Å². The topological polar surface area (TPSA) is 18.5 Å². The number of rotatable bonds is 5. The first-order valence-corrected chi connectivity index (χ1v) is 8.13. The summed E-state index contributed by atoms with van der Waals surface area (Å²) in [7, 11) is 0.0284. The van der Waals surface area contributed by atoms with Crippen LogP contribution < -0.4 is 9.16 Å². The van der Waals surface area contributed by atoms with E-state index >= 15 is 0 Å². The largest absolute Gasteiger partial charge is 0.544 e. The van der Waals surface area contributed by atoms with Crippen molar-refractivity contribution in [2.24, 2.45) is 0 Å². The van der Waals surface area contributed by atoms with Gasteiger partial charge in [0.1, 0.15) is 11.5 Å². The van der Waals surface area contributed by atoms with Gasteiger partial charge in [0.25, 0.3) is 0 Å². The summed E-state index contributed by atoms with van der Waals surface area (Å²) in [4.78, 5) is 0. The second-order valence-electron chi connectivity index (χ2n) is 4.03. The number of benzene rings is 1. The molecule has 0 amide bonds. The van der Waals surface area contributed by atoms with Crippen LogP contribution in [0.1, 0.15) is 0 Å². The van der Waals surface area contributed by atoms with Crippen LogP contribution in [0.4, 0.5) is 0 Å². The van der Waals surface area contributed by atoms with Crippen LogP contribution in [0.3, 0.4) is 0 Å². The molecule has 1 aromatic rings. The molecule has 0 heterocycles. The van der Waals surface area contributed by atoms with Crippen LogP contribution in [0.15, 0.2) is 36.9 Å². The highest BCUT2D eigenvalue weighted by Gasteiger charge is 2.22. The lowest BCUT2D eigenvalue weighted by Crippen LogP contribution is -2.33. The highest BCUT2D eigenvalue weighted by atomic mass is 28.4. The van der Waals surface area contributed by atoms with Crippen LogP contribution in [0, 0.1) is 0 Å². The Labute approximate surface area is 92.7 Å². The second-order valence-corrected chi connectivity index (χ2v) is 8.16. The first-order valence-electron chi connectivity index (χ1n) is 5.01. The summed E-state index contributed by atoms with van der Waals surface area (Å²) in [6.45, 7) is 8.11. The maximum atomic E-state index is 5.95. The van der Waals surface area contributed by atoms with Gasteiger partial charge in [0, 0.05) is 0 Å². The molecule has 0 aromatic heterocycles. The van der Waals surface area contributed by atoms with Gasteiger partial charge < -0.3 is 9.16 Å². The zero-order chi connectivity index (χ0) is 11.3. The monoisotopic (exact) mass is 222 g/mol. The van der Waals surface area contributed by atoms with Gasteiger partial charge in [-0.2, -0.15) is 0 Å². The van der Waals surface area contributed by atoms with E-state index in [-0.39, 0.29) is 0 Å². The summed E-state index contributed by atoms with van der Waals surface area (Å²) in [5.41, 5.74) is 0. The number of hydrogen-bond acceptors (Lipinski definition) is 2. The normalized spacial score (nSPS) is 10.9. The third-order valence-corrected chi connectivity index (χ3v) is 4.15. The first-order chi connectivity index (χ1) is 7.07. The standard InChI is InChI=1S/C12H18O2Si/c1-5-10-15(3,4)14-12-8-6-11(13-2)7-9-12/h5-9H,1,10H2,2-4H3. The van der Waals surface area contributed by atoms with Crippen LogP contribution >= 0.6 is 0 Å². The molecule has 0 radical (unpaired) electrons. The average molecular weight is 222 g/mol. The van der Waals surface area contributed by atoms with Crippen LogP contribution in [0.25, 0.3) is 0 Å². The Morgan fingerprint density at radius 3 is 2.20 bits per heavy atom. The van der Waals surface area contributed by atoms with Gasteiger partial charge in [-0.25, -0.2) is 0 Å². The van der Waals surface area contributed by atoms with Crippen molar-refractivity contribution in [3.05, 3.63) is 36.9 Å². The van der Waals surface area contributed by atoms with Crippen molar-refractivity contribution in [3.63, 3.8) is 0 Å². The van der Waals surface area contributed by atoms with Crippen molar-refractivity contribution in [2.75, 3.05) is 7.11 Å². The molecule has 0 saturated heterocycles. The van der Waals surface area contributed by atoms with Gasteiger partial charge in [-0.1, -0.05) is 6.08 Å². The fraction of sp³-hybridized carbons (Fsp3) is 0.333. The minimum absolute atomic E-state index is 0.852. The Hall–Kier alpha value is -1.22. The van der Waals surface area contributed by atoms with Crippen molar-refractivity contribution >= 4 is 8.32 Å². The van der Waals surface area contributed by atoms with E-state index in [0.29, 0.717) is 0 Å². The summed E-state index contributed by atoms with van der Waals surface area (Å²) in [5, 5.41) is 0. The Balaban J connectivity index is 2.68. The zero-order valence-corrected chi connectivity index (χ0v) is 10.6. The Morgan fingerprint density at radius 1 is 1.20 bits per heavy atom. The van der Waals surface area contributed by atoms with E-state index in [1.807, 2.05) is 30.3 Å². The van der Waals surface area contributed by atoms with Crippen molar-refractivity contribution in [1.29, 1.82) is 0 Å². The van der Waals surface area contributed by atoms with Crippen LogP contribution in [0.5, 0.6) is 11.5 Å². The minimum Gasteiger partial charge on any atom is -0.544 e. The van der Waals surface area contributed by atoms with E-state index < -0.39 is 8.32 Å². The number of ether oxygens (including phenoxy) is 1. The van der Waals surface area contributed by atoms with E-state index in [2.05, 4.69) is 19.7 Å². The van der Waals surface area contributed by atoms with Crippen LogP contribution in [-0.4, -0.2) is 15.4 Å². The first kappa shape index (κ1) is 11.8. The van der Waals surface area contributed by atoms with Gasteiger partial charge in [-0.15, -0.1) is 6.58 Å². The number of hydrogen-bond donors (Lipinski definition) is 0. The van der Waals surface area contributed by atoms with Gasteiger partial charge in [0.05, 0.1) is 7.11 Å². The number of allylic oxidation sites excluding steroid dienone is 1. The molecule has 3 heteroatoms. The molecule has 0 bridgehead atoms. The van der Waals surface area contributed by atoms with Gasteiger partial charge in [-0.05, 0) is 43.4 Å². The van der Waals surface area contributed by atoms with E-state index in [9.17, 15) is 0 Å². The summed E-state index contributed by atoms with van der Waals surface area (Å²) >= 11 is 0. The third kappa shape index (κ3) is 3.79. The molecule has 0 atom stereocenters. The fourth-order valence-corrected chi connectivity index (χ4v) is 2.90. The average Bonchev–Trinajstić information content (AvgIpc) is 2.18. The molecule has 1 rings (SSSR count). The van der Waals surface area contributed by atoms with Gasteiger partial charge in [0.2, 0.25) is 8.32 Å². The molecule has 15 heavy (non-hydrogen) atoms. The molecule has 0 N–H and O–H groups in total. The Bertz CT molecular complexity index is 317. The maximum Gasteiger partial charge on any atom is 0.248 e. The molecule has 0 saturated carbocycles. The minimum atomic E-state index is -1.63. The Kier molecular flexibility index (Phi) is 3.97. The predicted molar refractivity (Wildman–Crippen MR) is 66.1 cm³/mol. The zero-order valence-electron chi connectivity index (χ0n) is 9.62. The maximum absolute atomic E-state index is 5.95. The quantitative estimate of drug-likeness (QED) is 0.561. The molecule has 82 valence electrons. The second kappa shape index (κ2) is 5.03. The van der Waals surface area contributed by atoms with Crippen LogP contribution in [0.2, 0.25) is 19.1 Å². The van der Waals surface area contributed by atoms with Crippen LogP contribution in [-0.2, 0) is 0 Å². The molecule has 2 nitrogen and oxygen atoms in total. The molecule has 0 spiro atoms. The lowest BCUT2D eigenvalue weighted by Gasteiger charge is -2.22. The summed E-state index contributed by atoms with van der Waals surface area (Å²) in [6.07, 6.45) is 1.93. The SMILES string of the molecule is C=CC[Si](C)(C)Oc1ccc(OC)cc1. The van der Waals surface area contributed by atoms with E-state index in [4.69, 9.17) is 9.16 Å². The van der Waals surface area contributed by atoms with Crippen molar-refractivity contribution in [1.82, 2.24) is 0 Å². The van der Waals surface area contributed by atoms with Gasteiger partial charge in [0.15, 0.2) is 0 Å². The summed E-state index contributed by atoms with van der Waals surface area (Å²) in [5.74, 6) is 1.76. The molecule has 0 aliphatic carbocycles. The Morgan fingerprint density at radius 2 is 1.73 bits per heavy atom. The summed E-state index contributed by atoms with van der Waals surface area (Å²) < 4.78 is 11.0. The van der Waals surface area contributed by atoms with E-state index in [1.54, 1.807) is 7.11 Å². The molecular weight excluding hydrogens is 204 g/mol. The number of methoxy groups -OCH3 is 1. The predicted octanol–water partition coefficient (Wildman–Crippen LogP) is 3.47. The molecule has 0 aliphatic rings. The molecule has 0 unspecified atom stereocenters. The van der Waals surface area contributed by atoms with Crippen molar-refractivity contribution in [2.45, 2.75) is 19.1 Å². The highest BCUT2D eigenvalue weighted by Crippen LogP contribution is 2.21. The van der Waals surface area contributed by atoms with Gasteiger partial charge in [-0.3, -0.25) is 0 Å². The fourth-order valence-electron chi connectivity index (χ4n) is 1.35. The van der Waals surface area contributed by atoms with Crippen molar-refractivity contribution < 1.29 is 9.16 Å². The molecule has 1 aromatic carbocycles. The molecule has 0 fully saturated rings.